The van der Waals surface area contributed by atoms with E-state index in [1.807, 2.05) is 0 Å². The number of hydrogen-bond donors (Lipinski definition) is 3. The van der Waals surface area contributed by atoms with E-state index in [1.165, 1.54) is 42.6 Å². The predicted octanol–water partition coefficient (Wildman–Crippen LogP) is 2.43. The van der Waals surface area contributed by atoms with Crippen LogP contribution >= 0.6 is 0 Å². The number of carboxylic acids is 1. The molecule has 9 heteroatoms. The lowest BCUT2D eigenvalue weighted by Crippen LogP contribution is -2.16. The van der Waals surface area contributed by atoms with Crippen molar-refractivity contribution in [3.05, 3.63) is 81.5 Å². The third kappa shape index (κ3) is 5.40. The number of carbonyl (C=O) groups excluding carboxylic acids is 1. The molecule has 9 nitrogen and oxygen atoms in total. The number of amides is 1. The van der Waals surface area contributed by atoms with Crippen molar-refractivity contribution < 1.29 is 19.6 Å². The standard InChI is InChI=1S/C18H14N4O5/c19-9-14(11-20-10-12-4-6-13(7-5-12)18(24)25)17(23)21-15-2-1-3-16(8-15)22(26)27/h1-8,11,20H,10H2,(H,21,23)(H,24,25)/b14-11-. The molecule has 2 aromatic carbocycles. The van der Waals surface area contributed by atoms with E-state index in [-0.39, 0.29) is 29.1 Å². The van der Waals surface area contributed by atoms with Crippen LogP contribution in [0.15, 0.2) is 60.3 Å². The zero-order valence-corrected chi connectivity index (χ0v) is 13.9. The van der Waals surface area contributed by atoms with Gasteiger partial charge in [-0.1, -0.05) is 18.2 Å². The Morgan fingerprint density at radius 3 is 2.52 bits per heavy atom. The van der Waals surface area contributed by atoms with Crippen molar-refractivity contribution in [1.82, 2.24) is 5.32 Å². The summed E-state index contributed by atoms with van der Waals surface area (Å²) in [4.78, 5) is 33.1. The van der Waals surface area contributed by atoms with Crippen molar-refractivity contribution in [2.24, 2.45) is 0 Å². The first-order valence-corrected chi connectivity index (χ1v) is 7.62. The molecular weight excluding hydrogens is 352 g/mol. The minimum Gasteiger partial charge on any atom is -0.478 e. The Labute approximate surface area is 153 Å². The van der Waals surface area contributed by atoms with Gasteiger partial charge in [-0.25, -0.2) is 4.79 Å². The fraction of sp³-hybridized carbons (Fsp3) is 0.0556. The number of carboxylic acid groups (broad SMARTS) is 1. The number of nitro groups is 1. The Morgan fingerprint density at radius 1 is 1.22 bits per heavy atom. The van der Waals surface area contributed by atoms with Gasteiger partial charge < -0.3 is 15.7 Å². The number of nitriles is 1. The molecule has 0 atom stereocenters. The maximum Gasteiger partial charge on any atom is 0.335 e. The van der Waals surface area contributed by atoms with Crippen LogP contribution in [0.5, 0.6) is 0 Å². The molecule has 0 aliphatic rings. The predicted molar refractivity (Wildman–Crippen MR) is 95.7 cm³/mol. The van der Waals surface area contributed by atoms with Crippen LogP contribution < -0.4 is 10.6 Å². The van der Waals surface area contributed by atoms with Crippen LogP contribution in [0, 0.1) is 21.4 Å². The van der Waals surface area contributed by atoms with Crippen molar-refractivity contribution in [3.8, 4) is 6.07 Å². The largest absolute Gasteiger partial charge is 0.478 e. The molecular formula is C18H14N4O5. The van der Waals surface area contributed by atoms with Gasteiger partial charge in [-0.05, 0) is 23.8 Å². The lowest BCUT2D eigenvalue weighted by Gasteiger charge is -2.05. The van der Waals surface area contributed by atoms with E-state index in [0.29, 0.717) is 0 Å². The zero-order chi connectivity index (χ0) is 19.8. The second-order valence-electron chi connectivity index (χ2n) is 5.31. The van der Waals surface area contributed by atoms with Crippen molar-refractivity contribution in [3.63, 3.8) is 0 Å². The quantitative estimate of drug-likeness (QED) is 0.295. The Balaban J connectivity index is 1.99. The van der Waals surface area contributed by atoms with Crippen LogP contribution in [0.2, 0.25) is 0 Å². The number of nitrogens with zero attached hydrogens (tertiary/aromatic N) is 2. The molecule has 0 aliphatic carbocycles. The Morgan fingerprint density at radius 2 is 1.93 bits per heavy atom. The number of hydrogen-bond acceptors (Lipinski definition) is 6. The maximum atomic E-state index is 12.1. The normalized spacial score (nSPS) is 10.6. The van der Waals surface area contributed by atoms with E-state index < -0.39 is 16.8 Å². The lowest BCUT2D eigenvalue weighted by atomic mass is 10.1. The molecule has 3 N–H and O–H groups in total. The molecule has 0 aliphatic heterocycles. The van der Waals surface area contributed by atoms with Gasteiger partial charge >= 0.3 is 5.97 Å². The van der Waals surface area contributed by atoms with E-state index in [4.69, 9.17) is 10.4 Å². The van der Waals surface area contributed by atoms with Gasteiger partial charge in [0.05, 0.1) is 10.5 Å². The first kappa shape index (κ1) is 19.1. The fourth-order valence-electron chi connectivity index (χ4n) is 2.08. The molecule has 136 valence electrons. The highest BCUT2D eigenvalue weighted by Crippen LogP contribution is 2.17. The van der Waals surface area contributed by atoms with Crippen LogP contribution in [-0.2, 0) is 11.3 Å². The van der Waals surface area contributed by atoms with E-state index >= 15 is 0 Å². The maximum absolute atomic E-state index is 12.1. The highest BCUT2D eigenvalue weighted by molar-refractivity contribution is 6.06. The second kappa shape index (κ2) is 8.77. The van der Waals surface area contributed by atoms with Gasteiger partial charge in [-0.15, -0.1) is 0 Å². The van der Waals surface area contributed by atoms with E-state index in [9.17, 15) is 19.7 Å². The third-order valence-corrected chi connectivity index (χ3v) is 3.43. The minimum atomic E-state index is -1.03. The molecule has 2 rings (SSSR count). The SMILES string of the molecule is N#C/C(=C/NCc1ccc(C(=O)O)cc1)C(=O)Nc1cccc([N+](=O)[O-])c1. The van der Waals surface area contributed by atoms with Crippen molar-refractivity contribution in [2.45, 2.75) is 6.54 Å². The number of nitro benzene ring substituents is 1. The van der Waals surface area contributed by atoms with Gasteiger partial charge in [-0.2, -0.15) is 5.26 Å². The summed E-state index contributed by atoms with van der Waals surface area (Å²) in [6, 6.07) is 13.2. The monoisotopic (exact) mass is 366 g/mol. The highest BCUT2D eigenvalue weighted by Gasteiger charge is 2.12. The van der Waals surface area contributed by atoms with Crippen LogP contribution in [0.1, 0.15) is 15.9 Å². The third-order valence-electron chi connectivity index (χ3n) is 3.43. The molecule has 0 bridgehead atoms. The Bertz CT molecular complexity index is 945. The highest BCUT2D eigenvalue weighted by atomic mass is 16.6. The number of benzene rings is 2. The molecule has 0 unspecified atom stereocenters. The first-order valence-electron chi connectivity index (χ1n) is 7.62. The van der Waals surface area contributed by atoms with Crippen LogP contribution in [0.3, 0.4) is 0 Å². The lowest BCUT2D eigenvalue weighted by molar-refractivity contribution is -0.384. The molecule has 27 heavy (non-hydrogen) atoms. The average Bonchev–Trinajstić information content (AvgIpc) is 2.65. The van der Waals surface area contributed by atoms with Crippen molar-refractivity contribution in [2.75, 3.05) is 5.32 Å². The Hall–Kier alpha value is -4.19. The van der Waals surface area contributed by atoms with Crippen LogP contribution in [-0.4, -0.2) is 21.9 Å². The van der Waals surface area contributed by atoms with Gasteiger partial charge in [-0.3, -0.25) is 14.9 Å². The summed E-state index contributed by atoms with van der Waals surface area (Å²) in [5, 5.41) is 33.9. The molecule has 0 radical (unpaired) electrons. The topological polar surface area (TPSA) is 145 Å². The first-order chi connectivity index (χ1) is 12.9. The molecule has 0 saturated heterocycles. The number of nitrogens with one attached hydrogen (secondary N) is 2. The van der Waals surface area contributed by atoms with Gasteiger partial charge in [0, 0.05) is 30.6 Å². The summed E-state index contributed by atoms with van der Waals surface area (Å²) < 4.78 is 0. The van der Waals surface area contributed by atoms with Gasteiger partial charge in [0.25, 0.3) is 11.6 Å². The van der Waals surface area contributed by atoms with Crippen molar-refractivity contribution in [1.29, 1.82) is 5.26 Å². The number of non-ortho nitro benzene ring substituents is 1. The number of anilines is 1. The fourth-order valence-corrected chi connectivity index (χ4v) is 2.08. The van der Waals surface area contributed by atoms with Crippen LogP contribution in [0.4, 0.5) is 11.4 Å². The summed E-state index contributed by atoms with van der Waals surface area (Å²) in [6.45, 7) is 0.273. The molecule has 2 aromatic rings. The molecule has 0 spiro atoms. The summed E-state index contributed by atoms with van der Waals surface area (Å²) in [6.07, 6.45) is 1.22. The summed E-state index contributed by atoms with van der Waals surface area (Å²) >= 11 is 0. The van der Waals surface area contributed by atoms with Gasteiger partial charge in [0.2, 0.25) is 0 Å². The van der Waals surface area contributed by atoms with E-state index in [1.54, 1.807) is 18.2 Å². The van der Waals surface area contributed by atoms with Crippen LogP contribution in [0.25, 0.3) is 0 Å². The minimum absolute atomic E-state index is 0.156. The molecule has 0 saturated carbocycles. The summed E-state index contributed by atoms with van der Waals surface area (Å²) in [7, 11) is 0. The van der Waals surface area contributed by atoms with Gasteiger partial charge in [0.15, 0.2) is 0 Å². The second-order valence-corrected chi connectivity index (χ2v) is 5.31. The summed E-state index contributed by atoms with van der Waals surface area (Å²) in [5.74, 6) is -1.74. The smallest absolute Gasteiger partial charge is 0.335 e. The molecule has 1 amide bonds. The number of carbonyl (C=O) groups is 2. The van der Waals surface area contributed by atoms with E-state index in [0.717, 1.165) is 5.56 Å². The Kier molecular flexibility index (Phi) is 6.22. The summed E-state index contributed by atoms with van der Waals surface area (Å²) in [5.41, 5.74) is 0.706. The van der Waals surface area contributed by atoms with E-state index in [2.05, 4.69) is 10.6 Å². The number of rotatable bonds is 7. The molecule has 0 aromatic heterocycles. The van der Waals surface area contributed by atoms with Crippen molar-refractivity contribution >= 4 is 23.3 Å². The average molecular weight is 366 g/mol. The number of aromatic carboxylic acids is 1. The zero-order valence-electron chi connectivity index (χ0n) is 13.9. The molecule has 0 fully saturated rings. The van der Waals surface area contributed by atoms with Gasteiger partial charge in [0.1, 0.15) is 11.6 Å². The molecule has 0 heterocycles.